The predicted molar refractivity (Wildman–Crippen MR) is 109 cm³/mol. The highest BCUT2D eigenvalue weighted by molar-refractivity contribution is 5.94. The summed E-state index contributed by atoms with van der Waals surface area (Å²) in [4.78, 5) is 48.4. The largest absolute Gasteiger partial charge is 0.480 e. The van der Waals surface area contributed by atoms with Crippen molar-refractivity contribution in [3.05, 3.63) is 0 Å². The fraction of sp³-hybridized carbons (Fsp3) is 0.789. The average molecular weight is 433 g/mol. The third kappa shape index (κ3) is 9.99. The number of nitrogens with two attached hydrogens (primary N) is 1. The first-order valence-corrected chi connectivity index (χ1v) is 9.98. The third-order valence-electron chi connectivity index (χ3n) is 4.26. The standard InChI is InChI=1S/C19H36N4O7/c1-9(2)6-12(20)16(26)23-15(11(5)25)18(28)21-13(7-10(3)4)17(27)22-14(8-24)19(29)30/h9-15,24-25H,6-8,20H2,1-5H3,(H,21,28)(H,22,27)(H,23,26)(H,29,30). The molecule has 0 aliphatic rings. The second kappa shape index (κ2) is 13.1. The molecular weight excluding hydrogens is 396 g/mol. The summed E-state index contributed by atoms with van der Waals surface area (Å²) >= 11 is 0. The van der Waals surface area contributed by atoms with E-state index in [-0.39, 0.29) is 18.3 Å². The second-order valence-electron chi connectivity index (χ2n) is 8.24. The van der Waals surface area contributed by atoms with Gasteiger partial charge in [0.2, 0.25) is 17.7 Å². The molecule has 5 unspecified atom stereocenters. The second-order valence-corrected chi connectivity index (χ2v) is 8.24. The van der Waals surface area contributed by atoms with E-state index in [1.165, 1.54) is 6.92 Å². The molecule has 30 heavy (non-hydrogen) atoms. The molecule has 0 heterocycles. The number of aliphatic hydroxyl groups excluding tert-OH is 2. The smallest absolute Gasteiger partial charge is 0.328 e. The normalized spacial score (nSPS) is 16.3. The minimum atomic E-state index is -1.52. The van der Waals surface area contributed by atoms with Gasteiger partial charge in [0.05, 0.1) is 18.8 Å². The summed E-state index contributed by atoms with van der Waals surface area (Å²) in [7, 11) is 0. The van der Waals surface area contributed by atoms with Crippen LogP contribution in [0.3, 0.4) is 0 Å². The van der Waals surface area contributed by atoms with Crippen LogP contribution in [-0.4, -0.2) is 75.9 Å². The number of carboxylic acid groups (broad SMARTS) is 1. The molecule has 0 aliphatic carbocycles. The van der Waals surface area contributed by atoms with Gasteiger partial charge in [-0.2, -0.15) is 0 Å². The number of aliphatic carboxylic acids is 1. The van der Waals surface area contributed by atoms with Crippen LogP contribution in [0.15, 0.2) is 0 Å². The Balaban J connectivity index is 5.33. The van der Waals surface area contributed by atoms with Gasteiger partial charge < -0.3 is 37.0 Å². The summed E-state index contributed by atoms with van der Waals surface area (Å²) < 4.78 is 0. The summed E-state index contributed by atoms with van der Waals surface area (Å²) in [5.41, 5.74) is 5.81. The van der Waals surface area contributed by atoms with Crippen LogP contribution in [0.4, 0.5) is 0 Å². The molecule has 0 rings (SSSR count). The molecule has 5 atom stereocenters. The SMILES string of the molecule is CC(C)CC(N)C(=O)NC(C(=O)NC(CC(C)C)C(=O)NC(CO)C(=O)O)C(C)O. The van der Waals surface area contributed by atoms with Crippen molar-refractivity contribution in [2.24, 2.45) is 17.6 Å². The zero-order valence-corrected chi connectivity index (χ0v) is 18.2. The Morgan fingerprint density at radius 2 is 1.30 bits per heavy atom. The molecule has 0 radical (unpaired) electrons. The van der Waals surface area contributed by atoms with Crippen LogP contribution in [0.2, 0.25) is 0 Å². The Morgan fingerprint density at radius 3 is 1.70 bits per heavy atom. The molecule has 0 aromatic rings. The quantitative estimate of drug-likeness (QED) is 0.179. The highest BCUT2D eigenvalue weighted by atomic mass is 16.4. The molecule has 11 nitrogen and oxygen atoms in total. The molecule has 0 aromatic heterocycles. The molecule has 8 N–H and O–H groups in total. The van der Waals surface area contributed by atoms with Crippen molar-refractivity contribution in [3.8, 4) is 0 Å². The first kappa shape index (κ1) is 27.8. The Morgan fingerprint density at radius 1 is 0.800 bits per heavy atom. The minimum absolute atomic E-state index is 0.0440. The van der Waals surface area contributed by atoms with Gasteiger partial charge in [-0.1, -0.05) is 27.7 Å². The van der Waals surface area contributed by atoms with Crippen molar-refractivity contribution >= 4 is 23.7 Å². The summed E-state index contributed by atoms with van der Waals surface area (Å²) in [6, 6.07) is -4.88. The topological polar surface area (TPSA) is 191 Å². The fourth-order valence-electron chi connectivity index (χ4n) is 2.70. The number of carbonyl (C=O) groups is 4. The number of aliphatic hydroxyl groups is 2. The molecule has 0 bridgehead atoms. The van der Waals surface area contributed by atoms with Crippen molar-refractivity contribution < 1.29 is 34.5 Å². The summed E-state index contributed by atoms with van der Waals surface area (Å²) in [5, 5.41) is 35.0. The molecule has 0 saturated heterocycles. The van der Waals surface area contributed by atoms with Crippen LogP contribution in [0.1, 0.15) is 47.5 Å². The first-order valence-electron chi connectivity index (χ1n) is 9.98. The van der Waals surface area contributed by atoms with E-state index >= 15 is 0 Å². The highest BCUT2D eigenvalue weighted by Crippen LogP contribution is 2.08. The summed E-state index contributed by atoms with van der Waals surface area (Å²) in [5.74, 6) is -3.54. The molecule has 174 valence electrons. The lowest BCUT2D eigenvalue weighted by Gasteiger charge is -2.27. The van der Waals surface area contributed by atoms with Crippen LogP contribution in [0, 0.1) is 11.8 Å². The molecule has 3 amide bonds. The number of amides is 3. The summed E-state index contributed by atoms with van der Waals surface area (Å²) in [6.45, 7) is 7.86. The van der Waals surface area contributed by atoms with Gasteiger partial charge in [0.15, 0.2) is 0 Å². The van der Waals surface area contributed by atoms with Gasteiger partial charge in [0.1, 0.15) is 18.1 Å². The van der Waals surface area contributed by atoms with Crippen LogP contribution in [0.25, 0.3) is 0 Å². The van der Waals surface area contributed by atoms with Gasteiger partial charge >= 0.3 is 5.97 Å². The lowest BCUT2D eigenvalue weighted by Crippen LogP contribution is -2.60. The zero-order chi connectivity index (χ0) is 23.6. The van der Waals surface area contributed by atoms with Gasteiger partial charge in [-0.05, 0) is 31.6 Å². The molecular formula is C19H36N4O7. The molecule has 0 saturated carbocycles. The first-order chi connectivity index (χ1) is 13.8. The number of carbonyl (C=O) groups excluding carboxylic acids is 3. The van der Waals surface area contributed by atoms with E-state index in [1.54, 1.807) is 13.8 Å². The number of hydrogen-bond acceptors (Lipinski definition) is 7. The van der Waals surface area contributed by atoms with Gasteiger partial charge in [-0.3, -0.25) is 14.4 Å². The van der Waals surface area contributed by atoms with Crippen molar-refractivity contribution in [2.45, 2.75) is 77.7 Å². The van der Waals surface area contributed by atoms with E-state index in [4.69, 9.17) is 15.9 Å². The predicted octanol–water partition coefficient (Wildman–Crippen LogP) is -1.68. The lowest BCUT2D eigenvalue weighted by molar-refractivity contribution is -0.143. The maximum absolute atomic E-state index is 12.7. The van der Waals surface area contributed by atoms with Crippen molar-refractivity contribution in [3.63, 3.8) is 0 Å². The van der Waals surface area contributed by atoms with Gasteiger partial charge in [0.25, 0.3) is 0 Å². The Labute approximate surface area is 176 Å². The Bertz CT molecular complexity index is 595. The molecule has 0 fully saturated rings. The minimum Gasteiger partial charge on any atom is -0.480 e. The van der Waals surface area contributed by atoms with Crippen LogP contribution in [-0.2, 0) is 19.2 Å². The fourth-order valence-corrected chi connectivity index (χ4v) is 2.70. The van der Waals surface area contributed by atoms with Gasteiger partial charge in [-0.25, -0.2) is 4.79 Å². The Hall–Kier alpha value is -2.24. The zero-order valence-electron chi connectivity index (χ0n) is 18.2. The van der Waals surface area contributed by atoms with E-state index in [0.29, 0.717) is 6.42 Å². The van der Waals surface area contributed by atoms with Gasteiger partial charge in [-0.15, -0.1) is 0 Å². The van der Waals surface area contributed by atoms with E-state index in [1.807, 2.05) is 13.8 Å². The van der Waals surface area contributed by atoms with E-state index in [9.17, 15) is 24.3 Å². The molecule has 0 spiro atoms. The maximum Gasteiger partial charge on any atom is 0.328 e. The van der Waals surface area contributed by atoms with Crippen LogP contribution >= 0.6 is 0 Å². The average Bonchev–Trinajstić information content (AvgIpc) is 2.61. The summed E-state index contributed by atoms with van der Waals surface area (Å²) in [6.07, 6.45) is -0.717. The van der Waals surface area contributed by atoms with Crippen LogP contribution in [0.5, 0.6) is 0 Å². The van der Waals surface area contributed by atoms with Crippen LogP contribution < -0.4 is 21.7 Å². The van der Waals surface area contributed by atoms with E-state index in [2.05, 4.69) is 16.0 Å². The lowest BCUT2D eigenvalue weighted by atomic mass is 10.0. The molecule has 0 aliphatic heterocycles. The molecule has 0 aromatic carbocycles. The number of hydrogen-bond donors (Lipinski definition) is 7. The van der Waals surface area contributed by atoms with Crippen molar-refractivity contribution in [1.29, 1.82) is 0 Å². The molecule has 11 heteroatoms. The number of carboxylic acids is 1. The van der Waals surface area contributed by atoms with Gasteiger partial charge in [0, 0.05) is 0 Å². The Kier molecular flexibility index (Phi) is 12.2. The van der Waals surface area contributed by atoms with E-state index < -0.39 is 60.6 Å². The maximum atomic E-state index is 12.7. The number of rotatable bonds is 13. The van der Waals surface area contributed by atoms with Crippen molar-refractivity contribution in [2.75, 3.05) is 6.61 Å². The third-order valence-corrected chi connectivity index (χ3v) is 4.26. The monoisotopic (exact) mass is 432 g/mol. The van der Waals surface area contributed by atoms with Crippen molar-refractivity contribution in [1.82, 2.24) is 16.0 Å². The number of nitrogens with one attached hydrogen (secondary N) is 3. The van der Waals surface area contributed by atoms with E-state index in [0.717, 1.165) is 0 Å². The highest BCUT2D eigenvalue weighted by Gasteiger charge is 2.32.